The molecule has 0 saturated carbocycles. The van der Waals surface area contributed by atoms with Crippen molar-refractivity contribution >= 4 is 17.6 Å². The summed E-state index contributed by atoms with van der Waals surface area (Å²) in [6.07, 6.45) is 1.64. The first kappa shape index (κ1) is 15.3. The molecule has 0 atom stereocenters. The molecule has 0 amide bonds. The van der Waals surface area contributed by atoms with Gasteiger partial charge in [0.1, 0.15) is 11.5 Å². The summed E-state index contributed by atoms with van der Waals surface area (Å²) in [6, 6.07) is 21.5. The molecule has 1 heterocycles. The Labute approximate surface area is 138 Å². The third-order valence-electron chi connectivity index (χ3n) is 3.54. The fourth-order valence-corrected chi connectivity index (χ4v) is 2.40. The summed E-state index contributed by atoms with van der Waals surface area (Å²) >= 11 is 0. The lowest BCUT2D eigenvalue weighted by atomic mass is 10.1. The minimum atomic E-state index is -1.01. The molecule has 0 saturated heterocycles. The van der Waals surface area contributed by atoms with Gasteiger partial charge in [-0.3, -0.25) is 0 Å². The molecule has 0 aliphatic carbocycles. The molecule has 2 aromatic carbocycles. The van der Waals surface area contributed by atoms with Gasteiger partial charge in [0.15, 0.2) is 0 Å². The highest BCUT2D eigenvalue weighted by Gasteiger charge is 2.13. The summed E-state index contributed by atoms with van der Waals surface area (Å²) in [5, 5.41) is 18.6. The van der Waals surface area contributed by atoms with E-state index in [0.717, 1.165) is 5.56 Å². The van der Waals surface area contributed by atoms with Crippen LogP contribution in [0, 0.1) is 11.3 Å². The van der Waals surface area contributed by atoms with Crippen molar-refractivity contribution in [3.8, 4) is 17.4 Å². The number of carboxylic acid groups (broad SMARTS) is 1. The predicted molar refractivity (Wildman–Crippen MR) is 91.0 cm³/mol. The number of nitriles is 1. The quantitative estimate of drug-likeness (QED) is 0.708. The minimum Gasteiger partial charge on any atom is -0.478 e. The summed E-state index contributed by atoms with van der Waals surface area (Å²) in [5.41, 5.74) is 1.95. The molecule has 0 aliphatic rings. The Morgan fingerprint density at radius 2 is 1.71 bits per heavy atom. The van der Waals surface area contributed by atoms with E-state index in [1.54, 1.807) is 36.4 Å². The van der Waals surface area contributed by atoms with Crippen LogP contribution in [0.5, 0.6) is 0 Å². The van der Waals surface area contributed by atoms with Crippen LogP contribution in [0.4, 0.5) is 0 Å². The predicted octanol–water partition coefficient (Wildman–Crippen LogP) is 4.71. The van der Waals surface area contributed by atoms with Crippen LogP contribution in [0.2, 0.25) is 0 Å². The lowest BCUT2D eigenvalue weighted by Crippen LogP contribution is -1.98. The summed E-state index contributed by atoms with van der Waals surface area (Å²) < 4.78 is 5.72. The van der Waals surface area contributed by atoms with Crippen LogP contribution in [0.25, 0.3) is 23.0 Å². The summed E-state index contributed by atoms with van der Waals surface area (Å²) in [4.78, 5) is 11.3. The topological polar surface area (TPSA) is 74.2 Å². The van der Waals surface area contributed by atoms with Crippen LogP contribution >= 0.6 is 0 Å². The molecule has 116 valence electrons. The van der Waals surface area contributed by atoms with Gasteiger partial charge in [-0.2, -0.15) is 5.26 Å². The molecule has 4 nitrogen and oxygen atoms in total. The number of nitrogens with zero attached hydrogens (tertiary/aromatic N) is 1. The van der Waals surface area contributed by atoms with Crippen molar-refractivity contribution < 1.29 is 14.3 Å². The van der Waals surface area contributed by atoms with E-state index in [2.05, 4.69) is 6.07 Å². The monoisotopic (exact) mass is 315 g/mol. The van der Waals surface area contributed by atoms with E-state index in [-0.39, 0.29) is 5.56 Å². The van der Waals surface area contributed by atoms with Crippen molar-refractivity contribution in [1.29, 1.82) is 5.26 Å². The molecule has 0 unspecified atom stereocenters. The summed E-state index contributed by atoms with van der Waals surface area (Å²) in [7, 11) is 0. The van der Waals surface area contributed by atoms with Crippen LogP contribution in [0.15, 0.2) is 71.1 Å². The number of aromatic carboxylic acids is 1. The number of benzene rings is 2. The van der Waals surface area contributed by atoms with Crippen molar-refractivity contribution in [2.45, 2.75) is 0 Å². The molecule has 4 heteroatoms. The fraction of sp³-hybridized carbons (Fsp3) is 0. The van der Waals surface area contributed by atoms with Crippen molar-refractivity contribution in [3.05, 3.63) is 83.6 Å². The van der Waals surface area contributed by atoms with E-state index in [0.29, 0.717) is 22.7 Å². The van der Waals surface area contributed by atoms with Gasteiger partial charge in [0.05, 0.1) is 17.2 Å². The zero-order valence-electron chi connectivity index (χ0n) is 12.6. The molecule has 1 N–H and O–H groups in total. The number of carbonyl (C=O) groups is 1. The fourth-order valence-electron chi connectivity index (χ4n) is 2.40. The van der Waals surface area contributed by atoms with Gasteiger partial charge in [-0.05, 0) is 29.8 Å². The second-order valence-corrected chi connectivity index (χ2v) is 5.09. The maximum absolute atomic E-state index is 11.3. The average molecular weight is 315 g/mol. The molecular weight excluding hydrogens is 302 g/mol. The highest BCUT2D eigenvalue weighted by molar-refractivity contribution is 5.95. The Kier molecular flexibility index (Phi) is 4.26. The van der Waals surface area contributed by atoms with Gasteiger partial charge in [-0.25, -0.2) is 4.79 Å². The zero-order valence-corrected chi connectivity index (χ0v) is 12.6. The molecule has 0 radical (unpaired) electrons. The number of rotatable bonds is 4. The van der Waals surface area contributed by atoms with Gasteiger partial charge >= 0.3 is 5.97 Å². The van der Waals surface area contributed by atoms with Gasteiger partial charge in [0, 0.05) is 5.56 Å². The largest absolute Gasteiger partial charge is 0.478 e. The van der Waals surface area contributed by atoms with E-state index in [1.165, 1.54) is 6.07 Å². The second-order valence-electron chi connectivity index (χ2n) is 5.09. The molecule has 0 fully saturated rings. The van der Waals surface area contributed by atoms with E-state index in [4.69, 9.17) is 4.42 Å². The number of hydrogen-bond acceptors (Lipinski definition) is 3. The maximum Gasteiger partial charge on any atom is 0.336 e. The Morgan fingerprint density at radius 1 is 1.00 bits per heavy atom. The number of carboxylic acids is 1. The van der Waals surface area contributed by atoms with Gasteiger partial charge in [0.2, 0.25) is 0 Å². The lowest BCUT2D eigenvalue weighted by Gasteiger charge is -2.02. The normalized spacial score (nSPS) is 11.0. The Bertz CT molecular complexity index is 946. The molecule has 1 aromatic heterocycles. The Hall–Kier alpha value is -3.58. The van der Waals surface area contributed by atoms with Gasteiger partial charge in [0.25, 0.3) is 0 Å². The molecule has 0 aliphatic heterocycles. The van der Waals surface area contributed by atoms with Crippen molar-refractivity contribution in [2.24, 2.45) is 0 Å². The van der Waals surface area contributed by atoms with Crippen molar-refractivity contribution in [2.75, 3.05) is 0 Å². The molecule has 3 rings (SSSR count). The smallest absolute Gasteiger partial charge is 0.336 e. The zero-order chi connectivity index (χ0) is 16.9. The van der Waals surface area contributed by atoms with Gasteiger partial charge in [-0.15, -0.1) is 0 Å². The molecule has 3 aromatic rings. The highest BCUT2D eigenvalue weighted by atomic mass is 16.4. The second kappa shape index (κ2) is 6.67. The highest BCUT2D eigenvalue weighted by Crippen LogP contribution is 2.27. The van der Waals surface area contributed by atoms with Crippen LogP contribution in [0.3, 0.4) is 0 Å². The summed E-state index contributed by atoms with van der Waals surface area (Å²) in [5.74, 6) is -0.0729. The van der Waals surface area contributed by atoms with E-state index in [1.807, 2.05) is 30.3 Å². The Balaban J connectivity index is 1.99. The third kappa shape index (κ3) is 3.11. The van der Waals surface area contributed by atoms with E-state index < -0.39 is 5.97 Å². The first-order valence-electron chi connectivity index (χ1n) is 7.29. The first-order valence-corrected chi connectivity index (χ1v) is 7.29. The van der Waals surface area contributed by atoms with Crippen LogP contribution in [-0.4, -0.2) is 11.1 Å². The molecule has 24 heavy (non-hydrogen) atoms. The van der Waals surface area contributed by atoms with Crippen LogP contribution in [0.1, 0.15) is 21.7 Å². The van der Waals surface area contributed by atoms with E-state index in [9.17, 15) is 15.2 Å². The summed E-state index contributed by atoms with van der Waals surface area (Å²) in [6.45, 7) is 0. The minimum absolute atomic E-state index is 0.172. The van der Waals surface area contributed by atoms with Crippen LogP contribution in [-0.2, 0) is 0 Å². The Morgan fingerprint density at radius 3 is 2.42 bits per heavy atom. The third-order valence-corrected chi connectivity index (χ3v) is 3.54. The van der Waals surface area contributed by atoms with Crippen molar-refractivity contribution in [1.82, 2.24) is 0 Å². The first-order chi connectivity index (χ1) is 11.7. The molecule has 0 bridgehead atoms. The van der Waals surface area contributed by atoms with Gasteiger partial charge in [-0.1, -0.05) is 48.5 Å². The van der Waals surface area contributed by atoms with Gasteiger partial charge < -0.3 is 9.52 Å². The van der Waals surface area contributed by atoms with E-state index >= 15 is 0 Å². The van der Waals surface area contributed by atoms with Crippen LogP contribution < -0.4 is 0 Å². The standard InChI is InChI=1S/C20H13NO3/c21-13-15(14-6-2-1-3-7-14)12-16-10-11-19(24-16)17-8-4-5-9-18(17)20(22)23/h1-12H,(H,22,23). The maximum atomic E-state index is 11.3. The molecule has 0 spiro atoms. The molecular formula is C20H13NO3. The number of furan rings is 1. The van der Waals surface area contributed by atoms with Crippen molar-refractivity contribution in [3.63, 3.8) is 0 Å². The average Bonchev–Trinajstić information content (AvgIpc) is 3.09. The SMILES string of the molecule is N#CC(=Cc1ccc(-c2ccccc2C(=O)O)o1)c1ccccc1. The lowest BCUT2D eigenvalue weighted by molar-refractivity contribution is 0.0697. The number of hydrogen-bond donors (Lipinski definition) is 1. The number of allylic oxidation sites excluding steroid dienone is 1.